The second kappa shape index (κ2) is 9.13. The van der Waals surface area contributed by atoms with Gasteiger partial charge >= 0.3 is 5.97 Å². The Morgan fingerprint density at radius 2 is 1.96 bits per heavy atom. The zero-order valence-electron chi connectivity index (χ0n) is 15.0. The highest BCUT2D eigenvalue weighted by molar-refractivity contribution is 7.92. The maximum Gasteiger partial charge on any atom is 0.303 e. The monoisotopic (exact) mass is 391 g/mol. The van der Waals surface area contributed by atoms with Crippen molar-refractivity contribution in [3.8, 4) is 5.88 Å². The van der Waals surface area contributed by atoms with E-state index >= 15 is 0 Å². The van der Waals surface area contributed by atoms with Gasteiger partial charge in [0.05, 0.1) is 17.1 Å². The standard InChI is InChI=1S/C18H21N3O5S/c1-3-5-15-17(19-12-20-18(15)26-11-4-6-16(22)23)21-27(24,25)14-9-7-13(2)8-10-14/h3,5,7-10,12H,4,6,11H2,1-2H3,(H,22,23)(H,19,20,21). The first-order chi connectivity index (χ1) is 12.8. The van der Waals surface area contributed by atoms with Gasteiger partial charge in [-0.25, -0.2) is 18.4 Å². The Balaban J connectivity index is 2.26. The van der Waals surface area contributed by atoms with Gasteiger partial charge in [0.25, 0.3) is 10.0 Å². The molecule has 0 unspecified atom stereocenters. The highest BCUT2D eigenvalue weighted by atomic mass is 32.2. The number of nitrogens with zero attached hydrogens (tertiary/aromatic N) is 2. The molecule has 0 bridgehead atoms. The normalized spacial score (nSPS) is 11.5. The van der Waals surface area contributed by atoms with Crippen molar-refractivity contribution in [2.24, 2.45) is 0 Å². The van der Waals surface area contributed by atoms with Crippen LogP contribution in [0, 0.1) is 6.92 Å². The van der Waals surface area contributed by atoms with Crippen LogP contribution in [0.3, 0.4) is 0 Å². The molecule has 9 heteroatoms. The lowest BCUT2D eigenvalue weighted by molar-refractivity contribution is -0.137. The second-order valence-electron chi connectivity index (χ2n) is 5.71. The van der Waals surface area contributed by atoms with Crippen LogP contribution in [-0.4, -0.2) is 36.1 Å². The Kier molecular flexibility index (Phi) is 6.89. The van der Waals surface area contributed by atoms with Crippen molar-refractivity contribution >= 4 is 27.9 Å². The van der Waals surface area contributed by atoms with E-state index in [2.05, 4.69) is 14.7 Å². The maximum absolute atomic E-state index is 12.6. The summed E-state index contributed by atoms with van der Waals surface area (Å²) in [5.41, 5.74) is 1.31. The van der Waals surface area contributed by atoms with Gasteiger partial charge in [0.15, 0.2) is 5.82 Å². The Labute approximate surface area is 158 Å². The van der Waals surface area contributed by atoms with Gasteiger partial charge in [-0.3, -0.25) is 9.52 Å². The average Bonchev–Trinajstić information content (AvgIpc) is 2.61. The molecule has 2 N–H and O–H groups in total. The van der Waals surface area contributed by atoms with E-state index in [1.807, 2.05) is 6.92 Å². The molecule has 8 nitrogen and oxygen atoms in total. The molecular weight excluding hydrogens is 370 g/mol. The van der Waals surface area contributed by atoms with Crippen LogP contribution in [0.15, 0.2) is 41.6 Å². The van der Waals surface area contributed by atoms with Crippen molar-refractivity contribution in [1.29, 1.82) is 0 Å². The molecule has 1 heterocycles. The topological polar surface area (TPSA) is 118 Å². The minimum absolute atomic E-state index is 0.0308. The van der Waals surface area contributed by atoms with Crippen molar-refractivity contribution in [3.05, 3.63) is 47.8 Å². The first-order valence-corrected chi connectivity index (χ1v) is 9.73. The van der Waals surface area contributed by atoms with Gasteiger partial charge in [-0.15, -0.1) is 0 Å². The number of rotatable bonds is 9. The van der Waals surface area contributed by atoms with E-state index in [0.29, 0.717) is 12.0 Å². The zero-order valence-corrected chi connectivity index (χ0v) is 15.9. The molecule has 1 aromatic carbocycles. The number of benzene rings is 1. The van der Waals surface area contributed by atoms with Crippen molar-refractivity contribution in [2.45, 2.75) is 31.6 Å². The number of aromatic nitrogens is 2. The van der Waals surface area contributed by atoms with Gasteiger partial charge in [0, 0.05) is 6.42 Å². The Bertz CT molecular complexity index is 925. The number of aryl methyl sites for hydroxylation is 1. The van der Waals surface area contributed by atoms with Crippen molar-refractivity contribution in [2.75, 3.05) is 11.3 Å². The molecule has 0 aliphatic carbocycles. The number of allylic oxidation sites excluding steroid dienone is 1. The molecular formula is C18H21N3O5S. The fourth-order valence-electron chi connectivity index (χ4n) is 2.19. The molecule has 0 aliphatic rings. The van der Waals surface area contributed by atoms with Gasteiger partial charge in [-0.1, -0.05) is 29.8 Å². The molecule has 0 radical (unpaired) electrons. The average molecular weight is 391 g/mol. The molecule has 0 saturated heterocycles. The zero-order chi connectivity index (χ0) is 19.9. The summed E-state index contributed by atoms with van der Waals surface area (Å²) >= 11 is 0. The molecule has 0 fully saturated rings. The molecule has 27 heavy (non-hydrogen) atoms. The minimum Gasteiger partial charge on any atom is -0.481 e. The van der Waals surface area contributed by atoms with Crippen LogP contribution in [0.5, 0.6) is 5.88 Å². The summed E-state index contributed by atoms with van der Waals surface area (Å²) < 4.78 is 33.2. The molecule has 1 aromatic heterocycles. The van der Waals surface area contributed by atoms with Crippen LogP contribution < -0.4 is 9.46 Å². The largest absolute Gasteiger partial charge is 0.481 e. The fourth-order valence-corrected chi connectivity index (χ4v) is 3.22. The number of carboxylic acids is 1. The number of aliphatic carboxylic acids is 1. The lowest BCUT2D eigenvalue weighted by atomic mass is 10.2. The predicted octanol–water partition coefficient (Wildman–Crippen LogP) is 2.86. The number of carboxylic acid groups (broad SMARTS) is 1. The number of carbonyl (C=O) groups is 1. The van der Waals surface area contributed by atoms with Gasteiger partial charge in [0.2, 0.25) is 5.88 Å². The molecule has 2 aromatic rings. The molecule has 0 atom stereocenters. The first-order valence-electron chi connectivity index (χ1n) is 8.25. The second-order valence-corrected chi connectivity index (χ2v) is 7.39. The summed E-state index contributed by atoms with van der Waals surface area (Å²) in [6.07, 6.45) is 4.79. The van der Waals surface area contributed by atoms with E-state index in [1.54, 1.807) is 31.2 Å². The minimum atomic E-state index is -3.83. The summed E-state index contributed by atoms with van der Waals surface area (Å²) in [5.74, 6) is -0.659. The molecule has 0 aliphatic heterocycles. The molecule has 0 amide bonds. The van der Waals surface area contributed by atoms with Crippen LogP contribution in [0.1, 0.15) is 30.9 Å². The highest BCUT2D eigenvalue weighted by Gasteiger charge is 2.19. The summed E-state index contributed by atoms with van der Waals surface area (Å²) in [7, 11) is -3.83. The van der Waals surface area contributed by atoms with Crippen LogP contribution in [0.2, 0.25) is 0 Å². The van der Waals surface area contributed by atoms with Crippen molar-refractivity contribution in [1.82, 2.24) is 9.97 Å². The summed E-state index contributed by atoms with van der Waals surface area (Å²) in [4.78, 5) is 18.7. The number of anilines is 1. The van der Waals surface area contributed by atoms with Crippen LogP contribution in [0.25, 0.3) is 6.08 Å². The van der Waals surface area contributed by atoms with Gasteiger partial charge < -0.3 is 9.84 Å². The number of nitrogens with one attached hydrogen (secondary N) is 1. The van der Waals surface area contributed by atoms with Crippen molar-refractivity contribution in [3.63, 3.8) is 0 Å². The molecule has 0 spiro atoms. The van der Waals surface area contributed by atoms with E-state index in [0.717, 1.165) is 5.56 Å². The van der Waals surface area contributed by atoms with E-state index in [4.69, 9.17) is 9.84 Å². The number of ether oxygens (including phenoxy) is 1. The molecule has 144 valence electrons. The predicted molar refractivity (Wildman–Crippen MR) is 101 cm³/mol. The third-order valence-electron chi connectivity index (χ3n) is 3.52. The Morgan fingerprint density at radius 1 is 1.26 bits per heavy atom. The summed E-state index contributed by atoms with van der Waals surface area (Å²) in [6.45, 7) is 3.77. The number of hydrogen-bond donors (Lipinski definition) is 2. The third-order valence-corrected chi connectivity index (χ3v) is 4.87. The van der Waals surface area contributed by atoms with E-state index in [9.17, 15) is 13.2 Å². The van der Waals surface area contributed by atoms with E-state index in [-0.39, 0.29) is 29.6 Å². The van der Waals surface area contributed by atoms with Crippen LogP contribution >= 0.6 is 0 Å². The van der Waals surface area contributed by atoms with Gasteiger partial charge in [-0.05, 0) is 32.4 Å². The summed E-state index contributed by atoms with van der Waals surface area (Å²) in [5, 5.41) is 8.68. The number of hydrogen-bond acceptors (Lipinski definition) is 6. The first kappa shape index (κ1) is 20.4. The third kappa shape index (κ3) is 5.78. The smallest absolute Gasteiger partial charge is 0.303 e. The highest BCUT2D eigenvalue weighted by Crippen LogP contribution is 2.26. The fraction of sp³-hybridized carbons (Fsp3) is 0.278. The SMILES string of the molecule is CC=Cc1c(NS(=O)(=O)c2ccc(C)cc2)ncnc1OCCCC(=O)O. The lowest BCUT2D eigenvalue weighted by Crippen LogP contribution is -2.16. The van der Waals surface area contributed by atoms with Crippen molar-refractivity contribution < 1.29 is 23.1 Å². The van der Waals surface area contributed by atoms with Gasteiger partial charge in [-0.2, -0.15) is 0 Å². The van der Waals surface area contributed by atoms with E-state index < -0.39 is 16.0 Å². The number of sulfonamides is 1. The van der Waals surface area contributed by atoms with E-state index in [1.165, 1.54) is 18.5 Å². The van der Waals surface area contributed by atoms with Crippen LogP contribution in [0.4, 0.5) is 5.82 Å². The lowest BCUT2D eigenvalue weighted by Gasteiger charge is -2.13. The maximum atomic E-state index is 12.6. The molecule has 2 rings (SSSR count). The quantitative estimate of drug-likeness (QED) is 0.631. The van der Waals surface area contributed by atoms with Gasteiger partial charge in [0.1, 0.15) is 6.33 Å². The molecule has 0 saturated carbocycles. The van der Waals surface area contributed by atoms with Crippen LogP contribution in [-0.2, 0) is 14.8 Å². The summed E-state index contributed by atoms with van der Waals surface area (Å²) in [6, 6.07) is 6.44. The Morgan fingerprint density at radius 3 is 2.59 bits per heavy atom. The Hall–Kier alpha value is -2.94.